The summed E-state index contributed by atoms with van der Waals surface area (Å²) in [4.78, 5) is 15.1. The number of rotatable bonds is 4. The van der Waals surface area contributed by atoms with Gasteiger partial charge in [0.1, 0.15) is 5.60 Å². The number of pyridine rings is 1. The molecule has 0 bridgehead atoms. The fourth-order valence-electron chi connectivity index (χ4n) is 1.40. The van der Waals surface area contributed by atoms with Crippen LogP contribution >= 0.6 is 0 Å². The summed E-state index contributed by atoms with van der Waals surface area (Å²) in [5, 5.41) is 2.56. The van der Waals surface area contributed by atoms with Crippen LogP contribution in [0.25, 0.3) is 0 Å². The minimum atomic E-state index is -4.40. The number of carbonyl (C=O) groups excluding carboxylic acids is 1. The van der Waals surface area contributed by atoms with E-state index in [1.165, 1.54) is 18.3 Å². The van der Waals surface area contributed by atoms with Crippen LogP contribution in [0.15, 0.2) is 18.3 Å². The van der Waals surface area contributed by atoms with E-state index >= 15 is 0 Å². The van der Waals surface area contributed by atoms with Crippen molar-refractivity contribution in [3.8, 4) is 17.7 Å². The topological polar surface area (TPSA) is 60.5 Å². The summed E-state index contributed by atoms with van der Waals surface area (Å²) in [5.74, 6) is 5.48. The van der Waals surface area contributed by atoms with E-state index in [2.05, 4.69) is 26.9 Å². The van der Waals surface area contributed by atoms with E-state index in [1.807, 2.05) is 0 Å². The van der Waals surface area contributed by atoms with E-state index in [0.29, 0.717) is 18.5 Å². The fraction of sp³-hybridized carbons (Fsp3) is 0.500. The van der Waals surface area contributed by atoms with E-state index in [9.17, 15) is 18.0 Å². The van der Waals surface area contributed by atoms with Gasteiger partial charge in [0, 0.05) is 30.8 Å². The summed E-state index contributed by atoms with van der Waals surface area (Å²) < 4.78 is 45.5. The van der Waals surface area contributed by atoms with E-state index < -0.39 is 24.5 Å². The zero-order valence-electron chi connectivity index (χ0n) is 13.7. The predicted molar refractivity (Wildman–Crippen MR) is 81.5 cm³/mol. The molecule has 1 aromatic heterocycles. The lowest BCUT2D eigenvalue weighted by molar-refractivity contribution is -0.154. The Morgan fingerprint density at radius 3 is 2.54 bits per heavy atom. The Labute approximate surface area is 138 Å². The van der Waals surface area contributed by atoms with Gasteiger partial charge in [-0.1, -0.05) is 11.8 Å². The van der Waals surface area contributed by atoms with Crippen molar-refractivity contribution in [1.29, 1.82) is 0 Å². The number of nitrogens with one attached hydrogen (secondary N) is 1. The fourth-order valence-corrected chi connectivity index (χ4v) is 1.40. The molecule has 132 valence electrons. The second-order valence-electron chi connectivity index (χ2n) is 5.77. The normalized spacial score (nSPS) is 11.2. The summed E-state index contributed by atoms with van der Waals surface area (Å²) in [6.07, 6.45) is -3.20. The number of alkyl carbamates (subject to hydrolysis) is 1. The number of aromatic nitrogens is 1. The summed E-state index contributed by atoms with van der Waals surface area (Å²) in [7, 11) is 0. The van der Waals surface area contributed by atoms with Crippen molar-refractivity contribution >= 4 is 6.09 Å². The van der Waals surface area contributed by atoms with Crippen molar-refractivity contribution in [2.45, 2.75) is 39.0 Å². The maximum absolute atomic E-state index is 12.0. The summed E-state index contributed by atoms with van der Waals surface area (Å²) >= 11 is 0. The molecule has 0 fully saturated rings. The first-order chi connectivity index (χ1) is 11.1. The molecule has 0 unspecified atom stereocenters. The number of nitrogens with zero attached hydrogens (tertiary/aromatic N) is 1. The van der Waals surface area contributed by atoms with Crippen LogP contribution in [0.2, 0.25) is 0 Å². The van der Waals surface area contributed by atoms with Crippen molar-refractivity contribution in [1.82, 2.24) is 10.3 Å². The molecule has 5 nitrogen and oxygen atoms in total. The molecule has 0 radical (unpaired) electrons. The van der Waals surface area contributed by atoms with Gasteiger partial charge in [-0.3, -0.25) is 0 Å². The molecule has 1 rings (SSSR count). The zero-order chi connectivity index (χ0) is 18.2. The zero-order valence-corrected chi connectivity index (χ0v) is 13.7. The average Bonchev–Trinajstić information content (AvgIpc) is 2.43. The molecule has 1 aromatic rings. The lowest BCUT2D eigenvalue weighted by Gasteiger charge is -2.19. The van der Waals surface area contributed by atoms with Crippen molar-refractivity contribution in [2.24, 2.45) is 0 Å². The summed E-state index contributed by atoms with van der Waals surface area (Å²) in [5.41, 5.74) is -0.0243. The monoisotopic (exact) mass is 344 g/mol. The maximum atomic E-state index is 12.0. The molecule has 0 aliphatic carbocycles. The Kier molecular flexibility index (Phi) is 6.89. The third kappa shape index (κ3) is 9.56. The number of carbonyl (C=O) groups is 1. The Hall–Kier alpha value is -2.43. The molecule has 0 spiro atoms. The highest BCUT2D eigenvalue weighted by Crippen LogP contribution is 2.16. The van der Waals surface area contributed by atoms with Crippen molar-refractivity contribution < 1.29 is 27.4 Å². The standard InChI is InChI=1S/C16H19F3N2O3/c1-15(2,3)24-14(22)20-9-5-4-6-12-7-8-13(21-10-12)23-11-16(17,18)19/h7-8,10H,5,9,11H2,1-3H3,(H,20,22). The first kappa shape index (κ1) is 19.6. The third-order valence-corrected chi connectivity index (χ3v) is 2.27. The molecule has 24 heavy (non-hydrogen) atoms. The van der Waals surface area contributed by atoms with Gasteiger partial charge in [0.25, 0.3) is 0 Å². The van der Waals surface area contributed by atoms with E-state index in [4.69, 9.17) is 4.74 Å². The Balaban J connectivity index is 2.35. The lowest BCUT2D eigenvalue weighted by atomic mass is 10.2. The van der Waals surface area contributed by atoms with Gasteiger partial charge in [-0.2, -0.15) is 13.2 Å². The lowest BCUT2D eigenvalue weighted by Crippen LogP contribution is -2.32. The Morgan fingerprint density at radius 2 is 2.00 bits per heavy atom. The van der Waals surface area contributed by atoms with Crippen LogP contribution in [0.1, 0.15) is 32.8 Å². The molecular weight excluding hydrogens is 325 g/mol. The van der Waals surface area contributed by atoms with Gasteiger partial charge in [-0.25, -0.2) is 9.78 Å². The average molecular weight is 344 g/mol. The Morgan fingerprint density at radius 1 is 1.29 bits per heavy atom. The molecule has 1 N–H and O–H groups in total. The van der Waals surface area contributed by atoms with Crippen LogP contribution in [0.5, 0.6) is 5.88 Å². The predicted octanol–water partition coefficient (Wildman–Crippen LogP) is 3.29. The third-order valence-electron chi connectivity index (χ3n) is 2.27. The molecule has 0 saturated carbocycles. The van der Waals surface area contributed by atoms with E-state index in [0.717, 1.165) is 0 Å². The minimum Gasteiger partial charge on any atom is -0.468 e. The number of alkyl halides is 3. The number of ether oxygens (including phenoxy) is 2. The van der Waals surface area contributed by atoms with E-state index in [1.54, 1.807) is 20.8 Å². The van der Waals surface area contributed by atoms with Gasteiger partial charge in [0.15, 0.2) is 6.61 Å². The van der Waals surface area contributed by atoms with Gasteiger partial charge < -0.3 is 14.8 Å². The number of halogens is 3. The van der Waals surface area contributed by atoms with Gasteiger partial charge in [0.2, 0.25) is 5.88 Å². The van der Waals surface area contributed by atoms with Crippen LogP contribution < -0.4 is 10.1 Å². The molecular formula is C16H19F3N2O3. The van der Waals surface area contributed by atoms with Gasteiger partial charge >= 0.3 is 12.3 Å². The SMILES string of the molecule is CC(C)(C)OC(=O)NCCC#Cc1ccc(OCC(F)(F)F)nc1. The molecule has 0 aromatic carbocycles. The Bertz CT molecular complexity index is 596. The minimum absolute atomic E-state index is 0.121. The van der Waals surface area contributed by atoms with Gasteiger partial charge in [0.05, 0.1) is 0 Å². The first-order valence-corrected chi connectivity index (χ1v) is 7.16. The number of amides is 1. The van der Waals surface area contributed by atoms with Crippen molar-refractivity contribution in [3.05, 3.63) is 23.9 Å². The van der Waals surface area contributed by atoms with Crippen LogP contribution in [-0.2, 0) is 4.74 Å². The highest BCUT2D eigenvalue weighted by Gasteiger charge is 2.28. The number of hydrogen-bond acceptors (Lipinski definition) is 4. The number of hydrogen-bond donors (Lipinski definition) is 1. The maximum Gasteiger partial charge on any atom is 0.422 e. The highest BCUT2D eigenvalue weighted by atomic mass is 19.4. The van der Waals surface area contributed by atoms with Gasteiger partial charge in [-0.15, -0.1) is 0 Å². The van der Waals surface area contributed by atoms with Crippen LogP contribution in [-0.4, -0.2) is 36.0 Å². The molecule has 0 aliphatic rings. The second-order valence-corrected chi connectivity index (χ2v) is 5.77. The van der Waals surface area contributed by atoms with Crippen LogP contribution in [0.4, 0.5) is 18.0 Å². The summed E-state index contributed by atoms with van der Waals surface area (Å²) in [6.45, 7) is 4.23. The molecule has 1 heterocycles. The summed E-state index contributed by atoms with van der Waals surface area (Å²) in [6, 6.07) is 2.82. The van der Waals surface area contributed by atoms with Crippen molar-refractivity contribution in [3.63, 3.8) is 0 Å². The second kappa shape index (κ2) is 8.43. The van der Waals surface area contributed by atoms with Crippen molar-refractivity contribution in [2.75, 3.05) is 13.2 Å². The smallest absolute Gasteiger partial charge is 0.422 e. The molecule has 8 heteroatoms. The van der Waals surface area contributed by atoms with Crippen LogP contribution in [0.3, 0.4) is 0 Å². The molecule has 1 amide bonds. The largest absolute Gasteiger partial charge is 0.468 e. The first-order valence-electron chi connectivity index (χ1n) is 7.16. The van der Waals surface area contributed by atoms with Gasteiger partial charge in [-0.05, 0) is 26.8 Å². The molecule has 0 saturated heterocycles. The van der Waals surface area contributed by atoms with E-state index in [-0.39, 0.29) is 5.88 Å². The highest BCUT2D eigenvalue weighted by molar-refractivity contribution is 5.67. The molecule has 0 atom stereocenters. The van der Waals surface area contributed by atoms with Crippen LogP contribution in [0, 0.1) is 11.8 Å². The quantitative estimate of drug-likeness (QED) is 0.673. The molecule has 0 aliphatic heterocycles.